The van der Waals surface area contributed by atoms with E-state index < -0.39 is 10.0 Å². The summed E-state index contributed by atoms with van der Waals surface area (Å²) in [6.07, 6.45) is 1.51. The Morgan fingerprint density at radius 2 is 1.71 bits per heavy atom. The van der Waals surface area contributed by atoms with Crippen molar-refractivity contribution in [2.45, 2.75) is 4.90 Å². The predicted molar refractivity (Wildman–Crippen MR) is 82.3 cm³/mol. The molecule has 0 unspecified atom stereocenters. The Bertz CT molecular complexity index is 777. The van der Waals surface area contributed by atoms with E-state index in [-0.39, 0.29) is 17.0 Å². The van der Waals surface area contributed by atoms with E-state index >= 15 is 0 Å². The highest BCUT2D eigenvalue weighted by Gasteiger charge is 2.26. The highest BCUT2D eigenvalue weighted by Crippen LogP contribution is 2.25. The molecule has 0 saturated carbocycles. The third-order valence-corrected chi connectivity index (χ3v) is 4.77. The molecule has 0 radical (unpaired) electrons. The Hall–Kier alpha value is -2.58. The lowest BCUT2D eigenvalue weighted by molar-refractivity contribution is 0.592. The summed E-state index contributed by atoms with van der Waals surface area (Å²) < 4.78 is 26.9. The van der Waals surface area contributed by atoms with Crippen LogP contribution in [0.3, 0.4) is 0 Å². The highest BCUT2D eigenvalue weighted by atomic mass is 32.2. The van der Waals surface area contributed by atoms with Crippen molar-refractivity contribution in [1.29, 1.82) is 5.26 Å². The number of sulfonamides is 1. The molecule has 0 aromatic heterocycles. The number of nitriles is 1. The van der Waals surface area contributed by atoms with Crippen LogP contribution in [0.25, 0.3) is 0 Å². The summed E-state index contributed by atoms with van der Waals surface area (Å²) in [6.45, 7) is 3.74. The van der Waals surface area contributed by atoms with E-state index in [1.165, 1.54) is 22.5 Å². The van der Waals surface area contributed by atoms with Gasteiger partial charge in [-0.15, -0.1) is 6.58 Å². The molecule has 0 amide bonds. The minimum Gasteiger partial charge on any atom is -0.262 e. The van der Waals surface area contributed by atoms with E-state index in [9.17, 15) is 8.42 Å². The second kappa shape index (κ2) is 6.25. The smallest absolute Gasteiger partial charge is 0.262 e. The third-order valence-electron chi connectivity index (χ3n) is 2.91. The van der Waals surface area contributed by atoms with Gasteiger partial charge in [-0.05, 0) is 24.3 Å². The monoisotopic (exact) mass is 298 g/mol. The van der Waals surface area contributed by atoms with Crippen molar-refractivity contribution in [3.8, 4) is 6.07 Å². The molecule has 0 aliphatic heterocycles. The molecule has 0 aliphatic carbocycles. The molecule has 4 nitrogen and oxygen atoms in total. The molecule has 0 N–H and O–H groups in total. The summed E-state index contributed by atoms with van der Waals surface area (Å²) in [4.78, 5) is -0.00166. The Labute approximate surface area is 124 Å². The van der Waals surface area contributed by atoms with Gasteiger partial charge in [-0.3, -0.25) is 4.31 Å². The lowest BCUT2D eigenvalue weighted by atomic mass is 10.2. The summed E-state index contributed by atoms with van der Waals surface area (Å²) >= 11 is 0. The molecule has 0 spiro atoms. The molecule has 0 saturated heterocycles. The van der Waals surface area contributed by atoms with Gasteiger partial charge in [0.1, 0.15) is 11.0 Å². The summed E-state index contributed by atoms with van der Waals surface area (Å²) in [6, 6.07) is 16.8. The first-order valence-electron chi connectivity index (χ1n) is 6.29. The average molecular weight is 298 g/mol. The van der Waals surface area contributed by atoms with Crippen molar-refractivity contribution in [1.82, 2.24) is 0 Å². The standard InChI is InChI=1S/C16H14N2O2S/c1-2-12-18(15-9-4-3-5-10-15)21(19,20)16-11-7-6-8-14(16)13-17/h2-11H,1,12H2. The number of rotatable bonds is 5. The summed E-state index contributed by atoms with van der Waals surface area (Å²) in [5, 5.41) is 9.11. The number of para-hydroxylation sites is 1. The van der Waals surface area contributed by atoms with Crippen LogP contribution in [0.4, 0.5) is 5.69 Å². The van der Waals surface area contributed by atoms with Crippen LogP contribution in [0.5, 0.6) is 0 Å². The van der Waals surface area contributed by atoms with Crippen LogP contribution in [-0.2, 0) is 10.0 Å². The fourth-order valence-electron chi connectivity index (χ4n) is 1.96. The van der Waals surface area contributed by atoms with E-state index in [2.05, 4.69) is 6.58 Å². The topological polar surface area (TPSA) is 61.2 Å². The molecule has 0 fully saturated rings. The molecule has 2 aromatic rings. The number of nitrogens with zero attached hydrogens (tertiary/aromatic N) is 2. The first kappa shape index (κ1) is 14.8. The Morgan fingerprint density at radius 3 is 2.33 bits per heavy atom. The van der Waals surface area contributed by atoms with Crippen molar-refractivity contribution in [2.24, 2.45) is 0 Å². The number of benzene rings is 2. The van der Waals surface area contributed by atoms with Gasteiger partial charge in [0.15, 0.2) is 0 Å². The van der Waals surface area contributed by atoms with E-state index in [4.69, 9.17) is 5.26 Å². The van der Waals surface area contributed by atoms with E-state index in [0.717, 1.165) is 0 Å². The van der Waals surface area contributed by atoms with E-state index in [1.807, 2.05) is 12.1 Å². The quantitative estimate of drug-likeness (QED) is 0.797. The van der Waals surface area contributed by atoms with Crippen molar-refractivity contribution >= 4 is 15.7 Å². The normalized spacial score (nSPS) is 10.6. The minimum atomic E-state index is -3.82. The van der Waals surface area contributed by atoms with Crippen LogP contribution in [0.15, 0.2) is 72.1 Å². The zero-order valence-corrected chi connectivity index (χ0v) is 12.1. The van der Waals surface area contributed by atoms with Gasteiger partial charge in [0, 0.05) is 0 Å². The molecule has 0 bridgehead atoms. The SMILES string of the molecule is C=CCN(c1ccccc1)S(=O)(=O)c1ccccc1C#N. The largest absolute Gasteiger partial charge is 0.265 e. The molecule has 5 heteroatoms. The molecule has 2 aromatic carbocycles. The fourth-order valence-corrected chi connectivity index (χ4v) is 3.54. The number of anilines is 1. The van der Waals surface area contributed by atoms with Crippen molar-refractivity contribution in [3.05, 3.63) is 72.8 Å². The summed E-state index contributed by atoms with van der Waals surface area (Å²) in [5.41, 5.74) is 0.660. The first-order chi connectivity index (χ1) is 10.1. The Morgan fingerprint density at radius 1 is 1.10 bits per heavy atom. The minimum absolute atomic E-state index is 0.00166. The van der Waals surface area contributed by atoms with Gasteiger partial charge in [-0.25, -0.2) is 8.42 Å². The maximum atomic E-state index is 12.8. The molecular formula is C16H14N2O2S. The van der Waals surface area contributed by atoms with Crippen LogP contribution in [0.1, 0.15) is 5.56 Å². The maximum absolute atomic E-state index is 12.8. The lowest BCUT2D eigenvalue weighted by Gasteiger charge is -2.23. The zero-order valence-electron chi connectivity index (χ0n) is 11.3. The van der Waals surface area contributed by atoms with Crippen LogP contribution in [-0.4, -0.2) is 15.0 Å². The Balaban J connectivity index is 2.59. The third kappa shape index (κ3) is 2.96. The summed E-state index contributed by atoms with van der Waals surface area (Å²) in [5.74, 6) is 0. The first-order valence-corrected chi connectivity index (χ1v) is 7.73. The van der Waals surface area contributed by atoms with Crippen LogP contribution in [0, 0.1) is 11.3 Å². The molecule has 0 heterocycles. The van der Waals surface area contributed by atoms with E-state index in [0.29, 0.717) is 5.69 Å². The number of hydrogen-bond donors (Lipinski definition) is 0. The zero-order chi connectivity index (χ0) is 15.3. The van der Waals surface area contributed by atoms with Gasteiger partial charge in [0.25, 0.3) is 10.0 Å². The number of hydrogen-bond acceptors (Lipinski definition) is 3. The Kier molecular flexibility index (Phi) is 4.41. The summed E-state index contributed by atoms with van der Waals surface area (Å²) in [7, 11) is -3.82. The molecule has 0 atom stereocenters. The van der Waals surface area contributed by atoms with Crippen molar-refractivity contribution in [2.75, 3.05) is 10.8 Å². The predicted octanol–water partition coefficient (Wildman–Crippen LogP) is 2.94. The van der Waals surface area contributed by atoms with Crippen LogP contribution in [0.2, 0.25) is 0 Å². The fraction of sp³-hybridized carbons (Fsp3) is 0.0625. The van der Waals surface area contributed by atoms with E-state index in [1.54, 1.807) is 36.4 Å². The van der Waals surface area contributed by atoms with Crippen molar-refractivity contribution < 1.29 is 8.42 Å². The lowest BCUT2D eigenvalue weighted by Crippen LogP contribution is -2.31. The molecular weight excluding hydrogens is 284 g/mol. The average Bonchev–Trinajstić information content (AvgIpc) is 2.53. The van der Waals surface area contributed by atoms with Crippen LogP contribution >= 0.6 is 0 Å². The van der Waals surface area contributed by atoms with Gasteiger partial charge in [0.2, 0.25) is 0 Å². The van der Waals surface area contributed by atoms with Gasteiger partial charge in [-0.2, -0.15) is 5.26 Å². The highest BCUT2D eigenvalue weighted by molar-refractivity contribution is 7.92. The van der Waals surface area contributed by atoms with Gasteiger partial charge >= 0.3 is 0 Å². The van der Waals surface area contributed by atoms with Gasteiger partial charge < -0.3 is 0 Å². The molecule has 106 valence electrons. The molecule has 0 aliphatic rings. The molecule has 2 rings (SSSR count). The van der Waals surface area contributed by atoms with Gasteiger partial charge in [-0.1, -0.05) is 36.4 Å². The molecule has 21 heavy (non-hydrogen) atoms. The maximum Gasteiger partial charge on any atom is 0.265 e. The second-order valence-corrected chi connectivity index (χ2v) is 6.10. The van der Waals surface area contributed by atoms with Gasteiger partial charge in [0.05, 0.1) is 17.8 Å². The van der Waals surface area contributed by atoms with Crippen LogP contribution < -0.4 is 4.31 Å². The van der Waals surface area contributed by atoms with Crippen molar-refractivity contribution in [3.63, 3.8) is 0 Å². The second-order valence-electron chi connectivity index (χ2n) is 4.27.